The molecular formula is C15H20FNO2S. The van der Waals surface area contributed by atoms with Gasteiger partial charge in [0.2, 0.25) is 0 Å². The van der Waals surface area contributed by atoms with Gasteiger partial charge in [-0.1, -0.05) is 0 Å². The second kappa shape index (κ2) is 5.28. The number of hydrogen-bond donors (Lipinski definition) is 1. The second-order valence-corrected chi connectivity index (χ2v) is 7.17. The molecule has 0 bridgehead atoms. The van der Waals surface area contributed by atoms with Crippen molar-refractivity contribution in [3.8, 4) is 0 Å². The van der Waals surface area contributed by atoms with Crippen molar-refractivity contribution in [1.29, 1.82) is 0 Å². The zero-order valence-electron chi connectivity index (χ0n) is 11.6. The van der Waals surface area contributed by atoms with E-state index < -0.39 is 11.4 Å². The van der Waals surface area contributed by atoms with E-state index in [-0.39, 0.29) is 11.5 Å². The van der Waals surface area contributed by atoms with E-state index in [0.29, 0.717) is 12.2 Å². The zero-order valence-corrected chi connectivity index (χ0v) is 12.5. The summed E-state index contributed by atoms with van der Waals surface area (Å²) in [5, 5.41) is 10.9. The average Bonchev–Trinajstić information content (AvgIpc) is 2.87. The lowest BCUT2D eigenvalue weighted by Gasteiger charge is -2.43. The second-order valence-electron chi connectivity index (χ2n) is 6.06. The van der Waals surface area contributed by atoms with E-state index in [0.717, 1.165) is 30.8 Å². The zero-order chi connectivity index (χ0) is 14.2. The third-order valence-electron chi connectivity index (χ3n) is 4.64. The predicted molar refractivity (Wildman–Crippen MR) is 77.1 cm³/mol. The highest BCUT2D eigenvalue weighted by molar-refractivity contribution is 7.99. The molecule has 5 heteroatoms. The largest absolute Gasteiger partial charge is 0.385 e. The molecule has 3 unspecified atom stereocenters. The van der Waals surface area contributed by atoms with Crippen molar-refractivity contribution in [2.75, 3.05) is 18.1 Å². The van der Waals surface area contributed by atoms with Crippen LogP contribution in [-0.2, 0) is 10.3 Å². The first-order chi connectivity index (χ1) is 9.52. The van der Waals surface area contributed by atoms with Gasteiger partial charge in [-0.15, -0.1) is 0 Å². The van der Waals surface area contributed by atoms with Gasteiger partial charge in [0.05, 0.1) is 17.4 Å². The SMILES string of the molecule is CC(O)(c1cncc(F)c1)C1CCOC2(CCSC2)C1. The molecule has 0 aliphatic carbocycles. The number of nitrogens with zero attached hydrogens (tertiary/aromatic N) is 1. The van der Waals surface area contributed by atoms with Crippen LogP contribution in [0.4, 0.5) is 4.39 Å². The number of thioether (sulfide) groups is 1. The molecule has 0 saturated carbocycles. The lowest BCUT2D eigenvalue weighted by Crippen LogP contribution is -2.46. The fourth-order valence-electron chi connectivity index (χ4n) is 3.30. The van der Waals surface area contributed by atoms with Gasteiger partial charge in [-0.2, -0.15) is 11.8 Å². The van der Waals surface area contributed by atoms with Gasteiger partial charge in [-0.25, -0.2) is 4.39 Å². The van der Waals surface area contributed by atoms with Crippen LogP contribution in [0.2, 0.25) is 0 Å². The maximum atomic E-state index is 13.4. The van der Waals surface area contributed by atoms with Gasteiger partial charge in [-0.3, -0.25) is 4.98 Å². The van der Waals surface area contributed by atoms with E-state index in [2.05, 4.69) is 4.98 Å². The van der Waals surface area contributed by atoms with Gasteiger partial charge in [0, 0.05) is 24.1 Å². The van der Waals surface area contributed by atoms with Gasteiger partial charge in [-0.05, 0) is 43.9 Å². The number of pyridine rings is 1. The van der Waals surface area contributed by atoms with Crippen LogP contribution in [0.3, 0.4) is 0 Å². The third kappa shape index (κ3) is 2.59. The molecule has 3 rings (SSSR count). The topological polar surface area (TPSA) is 42.4 Å². The molecular weight excluding hydrogens is 277 g/mol. The van der Waals surface area contributed by atoms with Crippen LogP contribution in [0.1, 0.15) is 31.7 Å². The van der Waals surface area contributed by atoms with Crippen LogP contribution in [0, 0.1) is 11.7 Å². The summed E-state index contributed by atoms with van der Waals surface area (Å²) in [5.74, 6) is 1.80. The molecule has 20 heavy (non-hydrogen) atoms. The minimum atomic E-state index is -1.06. The van der Waals surface area contributed by atoms with Crippen molar-refractivity contribution in [1.82, 2.24) is 4.98 Å². The monoisotopic (exact) mass is 297 g/mol. The molecule has 1 aromatic rings. The highest BCUT2D eigenvalue weighted by Crippen LogP contribution is 2.46. The number of hydrogen-bond acceptors (Lipinski definition) is 4. The Kier molecular flexibility index (Phi) is 3.77. The first-order valence-corrected chi connectivity index (χ1v) is 8.22. The Balaban J connectivity index is 1.83. The van der Waals surface area contributed by atoms with Gasteiger partial charge < -0.3 is 9.84 Å². The Morgan fingerprint density at radius 2 is 2.40 bits per heavy atom. The van der Waals surface area contributed by atoms with Crippen LogP contribution in [0.5, 0.6) is 0 Å². The smallest absolute Gasteiger partial charge is 0.141 e. The van der Waals surface area contributed by atoms with Crippen molar-refractivity contribution in [2.24, 2.45) is 5.92 Å². The molecule has 3 heterocycles. The van der Waals surface area contributed by atoms with E-state index in [1.54, 1.807) is 13.1 Å². The van der Waals surface area contributed by atoms with Crippen molar-refractivity contribution in [3.05, 3.63) is 29.8 Å². The van der Waals surface area contributed by atoms with Crippen LogP contribution >= 0.6 is 11.8 Å². The van der Waals surface area contributed by atoms with E-state index in [9.17, 15) is 9.50 Å². The molecule has 2 fully saturated rings. The lowest BCUT2D eigenvalue weighted by atomic mass is 9.73. The number of aliphatic hydroxyl groups is 1. The summed E-state index contributed by atoms with van der Waals surface area (Å²) < 4.78 is 19.3. The van der Waals surface area contributed by atoms with Crippen molar-refractivity contribution in [2.45, 2.75) is 37.4 Å². The highest BCUT2D eigenvalue weighted by Gasteiger charge is 2.46. The van der Waals surface area contributed by atoms with E-state index >= 15 is 0 Å². The normalized spacial score (nSPS) is 33.2. The van der Waals surface area contributed by atoms with Crippen molar-refractivity contribution >= 4 is 11.8 Å². The van der Waals surface area contributed by atoms with Gasteiger partial charge in [0.25, 0.3) is 0 Å². The highest BCUT2D eigenvalue weighted by atomic mass is 32.2. The van der Waals surface area contributed by atoms with E-state index in [1.807, 2.05) is 11.8 Å². The molecule has 1 N–H and O–H groups in total. The van der Waals surface area contributed by atoms with E-state index in [4.69, 9.17) is 4.74 Å². The summed E-state index contributed by atoms with van der Waals surface area (Å²) in [6, 6.07) is 1.39. The van der Waals surface area contributed by atoms with Crippen LogP contribution in [-0.4, -0.2) is 33.8 Å². The molecule has 0 amide bonds. The van der Waals surface area contributed by atoms with Gasteiger partial charge in [0.15, 0.2) is 0 Å². The Morgan fingerprint density at radius 1 is 1.55 bits per heavy atom. The number of halogens is 1. The van der Waals surface area contributed by atoms with Crippen LogP contribution < -0.4 is 0 Å². The van der Waals surface area contributed by atoms with Crippen molar-refractivity contribution in [3.63, 3.8) is 0 Å². The Bertz CT molecular complexity index is 489. The summed E-state index contributed by atoms with van der Waals surface area (Å²) in [7, 11) is 0. The molecule has 1 spiro atoms. The summed E-state index contributed by atoms with van der Waals surface area (Å²) in [6.07, 6.45) is 5.42. The first kappa shape index (κ1) is 14.3. The number of ether oxygens (including phenoxy) is 1. The Hall–Kier alpha value is -0.650. The van der Waals surface area contributed by atoms with Gasteiger partial charge in [0.1, 0.15) is 5.82 Å². The molecule has 0 aromatic carbocycles. The quantitative estimate of drug-likeness (QED) is 0.911. The molecule has 110 valence electrons. The fraction of sp³-hybridized carbons (Fsp3) is 0.667. The molecule has 2 aliphatic heterocycles. The summed E-state index contributed by atoms with van der Waals surface area (Å²) >= 11 is 1.91. The molecule has 3 nitrogen and oxygen atoms in total. The molecule has 2 saturated heterocycles. The fourth-order valence-corrected chi connectivity index (χ4v) is 4.67. The maximum Gasteiger partial charge on any atom is 0.141 e. The first-order valence-electron chi connectivity index (χ1n) is 7.07. The number of rotatable bonds is 2. The summed E-state index contributed by atoms with van der Waals surface area (Å²) in [5.41, 5.74) is -0.581. The Labute approximate surface area is 122 Å². The minimum Gasteiger partial charge on any atom is -0.385 e. The van der Waals surface area contributed by atoms with Crippen LogP contribution in [0.15, 0.2) is 18.5 Å². The maximum absolute atomic E-state index is 13.4. The summed E-state index contributed by atoms with van der Waals surface area (Å²) in [6.45, 7) is 2.44. The third-order valence-corrected chi connectivity index (χ3v) is 5.87. The van der Waals surface area contributed by atoms with Gasteiger partial charge >= 0.3 is 0 Å². The van der Waals surface area contributed by atoms with Crippen LogP contribution in [0.25, 0.3) is 0 Å². The average molecular weight is 297 g/mol. The molecule has 3 atom stereocenters. The molecule has 2 aliphatic rings. The summed E-state index contributed by atoms with van der Waals surface area (Å²) in [4.78, 5) is 3.86. The van der Waals surface area contributed by atoms with E-state index in [1.165, 1.54) is 12.3 Å². The predicted octanol–water partition coefficient (Wildman–Crippen LogP) is 2.73. The molecule has 0 radical (unpaired) electrons. The standard InChI is InChI=1S/C15H20FNO2S/c1-14(18,12-6-13(16)9-17-8-12)11-2-4-19-15(7-11)3-5-20-10-15/h6,8-9,11,18H,2-5,7,10H2,1H3. The lowest BCUT2D eigenvalue weighted by molar-refractivity contribution is -0.129. The van der Waals surface area contributed by atoms with Crippen molar-refractivity contribution < 1.29 is 14.2 Å². The minimum absolute atomic E-state index is 0.0820. The Morgan fingerprint density at radius 3 is 3.10 bits per heavy atom. The molecule has 1 aromatic heterocycles. The number of aromatic nitrogens is 1.